The number of allylic oxidation sites excluding steroid dienone is 5. The fourth-order valence-electron chi connectivity index (χ4n) is 8.19. The normalized spacial score (nSPS) is 15.7. The third-order valence-corrected chi connectivity index (χ3v) is 12.1. The van der Waals surface area contributed by atoms with Crippen LogP contribution in [0.15, 0.2) is 199 Å². The third-order valence-electron chi connectivity index (χ3n) is 12.1. The molecule has 0 amide bonds. The summed E-state index contributed by atoms with van der Waals surface area (Å²) in [6.45, 7) is 5.96. The zero-order valence-electron chi connectivity index (χ0n) is 36.2. The van der Waals surface area contributed by atoms with Crippen LogP contribution in [-0.4, -0.2) is 40.9 Å². The summed E-state index contributed by atoms with van der Waals surface area (Å²) in [7, 11) is 0. The summed E-state index contributed by atoms with van der Waals surface area (Å²) >= 11 is 0. The number of nitrogens with zero attached hydrogens (tertiary/aromatic N) is 2. The van der Waals surface area contributed by atoms with E-state index in [1.54, 1.807) is 30.4 Å². The lowest BCUT2D eigenvalue weighted by atomic mass is 9.79. The molecule has 7 aromatic rings. The van der Waals surface area contributed by atoms with Crippen molar-refractivity contribution in [2.75, 3.05) is 18.1 Å². The Bertz CT molecular complexity index is 3170. The number of hydrogen-bond donors (Lipinski definition) is 2. The molecular weight excluding hydrogens is 813 g/mol. The quantitative estimate of drug-likeness (QED) is 0.0539. The molecular formula is C56H46N2O7. The number of para-hydroxylation sites is 1. The smallest absolute Gasteiger partial charge is 0.311 e. The van der Waals surface area contributed by atoms with Gasteiger partial charge in [-0.3, -0.25) is 9.59 Å². The molecule has 2 aliphatic rings. The zero-order valence-corrected chi connectivity index (χ0v) is 36.2. The van der Waals surface area contributed by atoms with Gasteiger partial charge in [-0.1, -0.05) is 97.6 Å². The maximum atomic E-state index is 13.9. The van der Waals surface area contributed by atoms with E-state index in [-0.39, 0.29) is 53.0 Å². The Labute approximate surface area is 377 Å². The van der Waals surface area contributed by atoms with Gasteiger partial charge in [-0.2, -0.15) is 4.58 Å². The van der Waals surface area contributed by atoms with Crippen LogP contribution in [-0.2, 0) is 14.3 Å². The van der Waals surface area contributed by atoms with Crippen molar-refractivity contribution in [2.45, 2.75) is 27.2 Å². The number of aliphatic hydroxyl groups is 1. The van der Waals surface area contributed by atoms with Gasteiger partial charge in [-0.15, -0.1) is 0 Å². The van der Waals surface area contributed by atoms with Gasteiger partial charge in [0.05, 0.1) is 22.6 Å². The molecule has 0 aromatic heterocycles. The van der Waals surface area contributed by atoms with E-state index in [1.807, 2.05) is 170 Å². The predicted octanol–water partition coefficient (Wildman–Crippen LogP) is 11.5. The second-order valence-corrected chi connectivity index (χ2v) is 16.5. The van der Waals surface area contributed by atoms with Gasteiger partial charge < -0.3 is 29.7 Å². The van der Waals surface area contributed by atoms with Crippen molar-refractivity contribution >= 4 is 73.0 Å². The van der Waals surface area contributed by atoms with Gasteiger partial charge >= 0.3 is 5.97 Å². The summed E-state index contributed by atoms with van der Waals surface area (Å²) in [5.74, 6) is -1.30. The third kappa shape index (κ3) is 8.04. The number of ketones is 1. The number of phenolic OH excluding ortho intramolecular Hbond substituents is 1. The van der Waals surface area contributed by atoms with Gasteiger partial charge in [-0.05, 0) is 85.6 Å². The van der Waals surface area contributed by atoms with Crippen molar-refractivity contribution in [2.24, 2.45) is 5.41 Å². The molecule has 2 N–H and O–H groups in total. The first-order chi connectivity index (χ1) is 31.5. The van der Waals surface area contributed by atoms with E-state index in [0.717, 1.165) is 44.3 Å². The van der Waals surface area contributed by atoms with Crippen molar-refractivity contribution < 1.29 is 34.4 Å². The number of aliphatic hydroxyl groups excluding tert-OH is 1. The number of phenols is 1. The molecule has 0 heterocycles. The van der Waals surface area contributed by atoms with Crippen LogP contribution in [0.5, 0.6) is 11.5 Å². The Morgan fingerprint density at radius 3 is 2.05 bits per heavy atom. The van der Waals surface area contributed by atoms with Crippen molar-refractivity contribution in [3.8, 4) is 11.5 Å². The van der Waals surface area contributed by atoms with E-state index in [0.29, 0.717) is 23.6 Å². The maximum Gasteiger partial charge on any atom is 0.311 e. The average molecular weight is 859 g/mol. The van der Waals surface area contributed by atoms with Gasteiger partial charge in [0, 0.05) is 69.4 Å². The van der Waals surface area contributed by atoms with E-state index in [1.165, 1.54) is 6.07 Å². The fourth-order valence-corrected chi connectivity index (χ4v) is 8.19. The second-order valence-electron chi connectivity index (χ2n) is 16.5. The Morgan fingerprint density at radius 1 is 0.708 bits per heavy atom. The minimum atomic E-state index is -0.569. The van der Waals surface area contributed by atoms with Gasteiger partial charge in [0.25, 0.3) is 0 Å². The number of benzene rings is 7. The molecule has 0 saturated heterocycles. The Balaban J connectivity index is 1.03. The molecule has 9 nitrogen and oxygen atoms in total. The number of carbonyl (C=O) groups is 2. The molecule has 0 saturated carbocycles. The molecule has 0 unspecified atom stereocenters. The molecule has 0 bridgehead atoms. The van der Waals surface area contributed by atoms with Gasteiger partial charge in [0.15, 0.2) is 5.78 Å². The molecule has 2 aliphatic carbocycles. The van der Waals surface area contributed by atoms with E-state index in [4.69, 9.17) is 9.47 Å². The van der Waals surface area contributed by atoms with Crippen LogP contribution in [0, 0.1) is 5.41 Å². The average Bonchev–Trinajstić information content (AvgIpc) is 3.33. The van der Waals surface area contributed by atoms with Crippen LogP contribution in [0.3, 0.4) is 0 Å². The monoisotopic (exact) mass is 858 g/mol. The number of rotatable bonds is 12. The fraction of sp³-hybridized carbons (Fsp3) is 0.125. The number of carbonyl (C=O) groups excluding carboxylic acids is 2. The lowest BCUT2D eigenvalue weighted by Gasteiger charge is -2.33. The maximum absolute atomic E-state index is 13.9. The molecule has 0 aliphatic heterocycles. The highest BCUT2D eigenvalue weighted by Crippen LogP contribution is 2.45. The number of Topliss-reactive ketones (excluding diaryl/α,β-unsaturated/α-hetero) is 1. The molecule has 0 fully saturated rings. The Kier molecular flexibility index (Phi) is 11.4. The molecule has 0 atom stereocenters. The number of anilines is 3. The minimum Gasteiger partial charge on any atom is -0.871 e. The van der Waals surface area contributed by atoms with Crippen molar-refractivity contribution in [3.05, 3.63) is 204 Å². The summed E-state index contributed by atoms with van der Waals surface area (Å²) in [4.78, 5) is 28.3. The predicted molar refractivity (Wildman–Crippen MR) is 256 cm³/mol. The first kappa shape index (κ1) is 42.1. The summed E-state index contributed by atoms with van der Waals surface area (Å²) in [6.07, 6.45) is 5.61. The SMILES string of the molecule is CCC(C)(C)C(=O)OCCOc1ccc(N(c2ccc(C3=C([O-])/C(=C4/C=CC(=[N+](c5ccccc5)c5cccc6ccccc56)C=C4O)C3=O)c(O)c2)c2cccc3ccccc23)cc1. The molecule has 7 aromatic carbocycles. The summed E-state index contributed by atoms with van der Waals surface area (Å²) < 4.78 is 13.4. The van der Waals surface area contributed by atoms with E-state index >= 15 is 0 Å². The van der Waals surface area contributed by atoms with Gasteiger partial charge in [0.2, 0.25) is 17.1 Å². The standard InChI is InChI=1S/C56H46N2O7/c1-4-56(2,3)55(63)65-33-32-64-42-28-24-39(25-29-42)58(48-23-13-17-37-15-9-11-21-44(37)48)41-27-31-46(50(60)35-41)52-53(61)51(54(52)62)45-30-26-40(34-49(45)59)57(38-18-6-5-7-19-38)47-22-12-16-36-14-8-10-20-43(36)47/h5-31,34-35H,4,32-33H2,1-3H3,(H2,59,60,61,62). The number of aromatic hydroxyl groups is 1. The van der Waals surface area contributed by atoms with Gasteiger partial charge in [0.1, 0.15) is 30.5 Å². The summed E-state index contributed by atoms with van der Waals surface area (Å²) in [5.41, 5.74) is 3.90. The molecule has 0 radical (unpaired) electrons. The first-order valence-electron chi connectivity index (χ1n) is 21.5. The largest absolute Gasteiger partial charge is 0.871 e. The molecule has 65 heavy (non-hydrogen) atoms. The summed E-state index contributed by atoms with van der Waals surface area (Å²) in [6, 6.07) is 50.1. The number of fused-ring (bicyclic) bond motifs is 2. The highest BCUT2D eigenvalue weighted by Gasteiger charge is 2.35. The van der Waals surface area contributed by atoms with E-state index in [2.05, 4.69) is 0 Å². The molecule has 9 rings (SSSR count). The van der Waals surface area contributed by atoms with Crippen LogP contribution in [0.2, 0.25) is 0 Å². The lowest BCUT2D eigenvalue weighted by Crippen LogP contribution is -2.31. The number of ether oxygens (including phenoxy) is 2. The minimum absolute atomic E-state index is 0.0967. The van der Waals surface area contributed by atoms with Crippen molar-refractivity contribution in [3.63, 3.8) is 0 Å². The summed E-state index contributed by atoms with van der Waals surface area (Å²) in [5, 5.41) is 41.1. The second kappa shape index (κ2) is 17.5. The zero-order chi connectivity index (χ0) is 45.2. The van der Waals surface area contributed by atoms with E-state index < -0.39 is 17.0 Å². The number of esters is 1. The van der Waals surface area contributed by atoms with Crippen LogP contribution in [0.25, 0.3) is 27.1 Å². The van der Waals surface area contributed by atoms with E-state index in [9.17, 15) is 24.9 Å². The van der Waals surface area contributed by atoms with Crippen LogP contribution in [0.4, 0.5) is 28.4 Å². The van der Waals surface area contributed by atoms with Crippen molar-refractivity contribution in [1.29, 1.82) is 0 Å². The molecule has 0 spiro atoms. The first-order valence-corrected chi connectivity index (χ1v) is 21.5. The highest BCUT2D eigenvalue weighted by molar-refractivity contribution is 6.40. The van der Waals surface area contributed by atoms with Crippen molar-refractivity contribution in [1.82, 2.24) is 4.58 Å². The topological polar surface area (TPSA) is 122 Å². The Hall–Kier alpha value is -8.17. The lowest BCUT2D eigenvalue weighted by molar-refractivity contribution is -0.297. The Morgan fingerprint density at radius 2 is 1.35 bits per heavy atom. The highest BCUT2D eigenvalue weighted by atomic mass is 16.6. The molecule has 9 heteroatoms. The number of hydrogen-bond acceptors (Lipinski definition) is 8. The van der Waals surface area contributed by atoms with Crippen LogP contribution in [0.1, 0.15) is 32.8 Å². The molecule has 322 valence electrons. The van der Waals surface area contributed by atoms with Gasteiger partial charge in [-0.25, -0.2) is 0 Å². The van der Waals surface area contributed by atoms with Crippen LogP contribution < -0.4 is 19.3 Å². The van der Waals surface area contributed by atoms with Crippen LogP contribution >= 0.6 is 0 Å².